The Morgan fingerprint density at radius 1 is 0.446 bits per heavy atom. The monoisotopic (exact) mass is 1040 g/mol. The summed E-state index contributed by atoms with van der Waals surface area (Å²) in [6.07, 6.45) is 66.4. The lowest BCUT2D eigenvalue weighted by molar-refractivity contribution is -0.302. The van der Waals surface area contributed by atoms with Crippen LogP contribution < -0.4 is 5.32 Å². The van der Waals surface area contributed by atoms with Crippen LogP contribution in [0.2, 0.25) is 0 Å². The fraction of sp³-hybridized carbons (Fsp3) is 0.862. The Kier molecular flexibility index (Phi) is 51.7. The third-order valence-corrected chi connectivity index (χ3v) is 15.1. The van der Waals surface area contributed by atoms with Gasteiger partial charge in [-0.1, -0.05) is 274 Å². The number of ether oxygens (including phenoxy) is 2. The largest absolute Gasteiger partial charge is 0.394 e. The topological polar surface area (TPSA) is 149 Å². The lowest BCUT2D eigenvalue weighted by Gasteiger charge is -2.40. The summed E-state index contributed by atoms with van der Waals surface area (Å²) < 4.78 is 11.3. The lowest BCUT2D eigenvalue weighted by atomic mass is 9.99. The predicted octanol–water partition coefficient (Wildman–Crippen LogP) is 16.5. The van der Waals surface area contributed by atoms with Crippen LogP contribution in [0.15, 0.2) is 48.6 Å². The van der Waals surface area contributed by atoms with E-state index in [0.29, 0.717) is 6.42 Å². The molecule has 1 rings (SSSR count). The van der Waals surface area contributed by atoms with Crippen molar-refractivity contribution in [1.29, 1.82) is 0 Å². The van der Waals surface area contributed by atoms with E-state index in [1.807, 2.05) is 6.08 Å². The van der Waals surface area contributed by atoms with Gasteiger partial charge in [-0.3, -0.25) is 4.79 Å². The van der Waals surface area contributed by atoms with Gasteiger partial charge < -0.3 is 40.3 Å². The van der Waals surface area contributed by atoms with Gasteiger partial charge in [0.05, 0.1) is 25.4 Å². The molecule has 9 nitrogen and oxygen atoms in total. The number of aliphatic hydroxyl groups excluding tert-OH is 5. The Labute approximate surface area is 456 Å². The van der Waals surface area contributed by atoms with Crippen molar-refractivity contribution in [3.8, 4) is 0 Å². The number of carbonyl (C=O) groups excluding carboxylic acids is 1. The van der Waals surface area contributed by atoms with Crippen LogP contribution in [0.1, 0.15) is 303 Å². The van der Waals surface area contributed by atoms with Gasteiger partial charge in [-0.2, -0.15) is 0 Å². The van der Waals surface area contributed by atoms with E-state index in [-0.39, 0.29) is 12.5 Å². The van der Waals surface area contributed by atoms with Crippen molar-refractivity contribution in [3.63, 3.8) is 0 Å². The fourth-order valence-corrected chi connectivity index (χ4v) is 10.1. The second-order valence-electron chi connectivity index (χ2n) is 22.2. The van der Waals surface area contributed by atoms with Crippen LogP contribution in [0, 0.1) is 0 Å². The number of hydrogen-bond donors (Lipinski definition) is 6. The lowest BCUT2D eigenvalue weighted by Crippen LogP contribution is -2.60. The number of aliphatic hydroxyl groups is 5. The van der Waals surface area contributed by atoms with E-state index in [4.69, 9.17) is 9.47 Å². The summed E-state index contributed by atoms with van der Waals surface area (Å²) >= 11 is 0. The molecule has 0 aromatic rings. The standard InChI is InChI=1S/C65H121NO8/c1-3-5-7-9-11-13-15-17-19-21-23-24-25-26-27-28-29-30-31-32-33-34-35-36-37-38-40-42-44-46-48-50-52-54-59(68)58(57-73-65-64(72)63(71)62(70)60(56-67)74-65)66-61(69)55-53-51-49-47-45-43-41-39-22-20-18-16-14-12-10-8-6-4-2/h20,22,37-38,44,46,52,54,58-60,62-65,67-68,70-72H,3-19,21,23-36,39-43,45,47-51,53,55-57H2,1-2H3,(H,66,69)/b22-20-,38-37+,46-44+,54-52+. The summed E-state index contributed by atoms with van der Waals surface area (Å²) in [5.41, 5.74) is 0. The molecule has 6 N–H and O–H groups in total. The van der Waals surface area contributed by atoms with Gasteiger partial charge in [0.25, 0.3) is 0 Å². The van der Waals surface area contributed by atoms with E-state index in [0.717, 1.165) is 57.8 Å². The Bertz CT molecular complexity index is 1300. The van der Waals surface area contributed by atoms with Crippen LogP contribution in [-0.4, -0.2) is 87.5 Å². The summed E-state index contributed by atoms with van der Waals surface area (Å²) in [4.78, 5) is 13.1. The van der Waals surface area contributed by atoms with E-state index < -0.39 is 49.5 Å². The zero-order valence-corrected chi connectivity index (χ0v) is 48.4. The fourth-order valence-electron chi connectivity index (χ4n) is 10.1. The number of amides is 1. The third-order valence-electron chi connectivity index (χ3n) is 15.1. The van der Waals surface area contributed by atoms with Gasteiger partial charge >= 0.3 is 0 Å². The van der Waals surface area contributed by atoms with Crippen molar-refractivity contribution in [2.45, 2.75) is 346 Å². The molecule has 7 unspecified atom stereocenters. The zero-order chi connectivity index (χ0) is 53.6. The molecule has 1 fully saturated rings. The van der Waals surface area contributed by atoms with Crippen LogP contribution >= 0.6 is 0 Å². The second kappa shape index (κ2) is 54.5. The van der Waals surface area contributed by atoms with Gasteiger partial charge in [0.1, 0.15) is 24.4 Å². The van der Waals surface area contributed by atoms with E-state index in [9.17, 15) is 30.3 Å². The van der Waals surface area contributed by atoms with Crippen LogP contribution in [0.3, 0.4) is 0 Å². The number of allylic oxidation sites excluding steroid dienone is 7. The van der Waals surface area contributed by atoms with E-state index >= 15 is 0 Å². The second-order valence-corrected chi connectivity index (χ2v) is 22.2. The van der Waals surface area contributed by atoms with E-state index in [2.05, 4.69) is 55.6 Å². The van der Waals surface area contributed by atoms with Gasteiger partial charge in [0, 0.05) is 6.42 Å². The van der Waals surface area contributed by atoms with Crippen molar-refractivity contribution in [2.24, 2.45) is 0 Å². The smallest absolute Gasteiger partial charge is 0.220 e. The zero-order valence-electron chi connectivity index (χ0n) is 48.4. The van der Waals surface area contributed by atoms with Crippen molar-refractivity contribution < 1.29 is 39.8 Å². The maximum Gasteiger partial charge on any atom is 0.220 e. The van der Waals surface area contributed by atoms with Gasteiger partial charge in [-0.25, -0.2) is 0 Å². The molecule has 9 heteroatoms. The highest BCUT2D eigenvalue weighted by molar-refractivity contribution is 5.76. The molecule has 0 aromatic carbocycles. The summed E-state index contributed by atoms with van der Waals surface area (Å²) in [7, 11) is 0. The first kappa shape index (κ1) is 70.2. The Balaban J connectivity index is 2.18. The Morgan fingerprint density at radius 2 is 0.770 bits per heavy atom. The molecule has 0 bridgehead atoms. The van der Waals surface area contributed by atoms with Gasteiger partial charge in [-0.05, 0) is 70.6 Å². The first-order chi connectivity index (χ1) is 36.3. The molecular weight excluding hydrogens is 923 g/mol. The molecular formula is C65H121NO8. The molecule has 0 aliphatic carbocycles. The number of carbonyl (C=O) groups is 1. The van der Waals surface area contributed by atoms with Crippen molar-refractivity contribution in [2.75, 3.05) is 13.2 Å². The number of rotatable bonds is 55. The molecule has 434 valence electrons. The molecule has 0 radical (unpaired) electrons. The predicted molar refractivity (Wildman–Crippen MR) is 313 cm³/mol. The van der Waals surface area contributed by atoms with Gasteiger partial charge in [-0.15, -0.1) is 0 Å². The van der Waals surface area contributed by atoms with Crippen molar-refractivity contribution in [3.05, 3.63) is 48.6 Å². The minimum atomic E-state index is -1.58. The summed E-state index contributed by atoms with van der Waals surface area (Å²) in [5.74, 6) is -0.193. The summed E-state index contributed by atoms with van der Waals surface area (Å²) in [5, 5.41) is 54.5. The van der Waals surface area contributed by atoms with E-state index in [1.165, 1.54) is 225 Å². The van der Waals surface area contributed by atoms with Crippen LogP contribution in [0.4, 0.5) is 0 Å². The van der Waals surface area contributed by atoms with E-state index in [1.54, 1.807) is 6.08 Å². The first-order valence-electron chi connectivity index (χ1n) is 31.9. The Morgan fingerprint density at radius 3 is 1.14 bits per heavy atom. The summed E-state index contributed by atoms with van der Waals surface area (Å²) in [6, 6.07) is -0.832. The molecule has 7 atom stereocenters. The molecule has 0 aromatic heterocycles. The van der Waals surface area contributed by atoms with Crippen molar-refractivity contribution >= 4 is 5.91 Å². The average molecular weight is 1040 g/mol. The van der Waals surface area contributed by atoms with Gasteiger partial charge in [0.15, 0.2) is 6.29 Å². The van der Waals surface area contributed by atoms with Crippen LogP contribution in [-0.2, 0) is 14.3 Å². The number of unbranched alkanes of at least 4 members (excludes halogenated alkanes) is 39. The summed E-state index contributed by atoms with van der Waals surface area (Å²) in [6.45, 7) is 3.78. The van der Waals surface area contributed by atoms with Crippen LogP contribution in [0.25, 0.3) is 0 Å². The molecule has 1 aliphatic heterocycles. The quantitative estimate of drug-likeness (QED) is 0.0261. The molecule has 1 saturated heterocycles. The molecule has 0 saturated carbocycles. The SMILES string of the molecule is CCCCCCCCC/C=C\CCCCCCCCCC(=O)NC(COC1OC(CO)C(O)C(O)C1O)C(O)/C=C/CC/C=C/CC/C=C/CCCCCCCCCCCCCCCCCCCCCCCCC. The average Bonchev–Trinajstić information content (AvgIpc) is 3.40. The highest BCUT2D eigenvalue weighted by Crippen LogP contribution is 2.23. The minimum absolute atomic E-state index is 0.193. The highest BCUT2D eigenvalue weighted by Gasteiger charge is 2.44. The molecule has 74 heavy (non-hydrogen) atoms. The normalized spacial score (nSPS) is 19.3. The molecule has 1 heterocycles. The number of nitrogens with one attached hydrogen (secondary N) is 1. The van der Waals surface area contributed by atoms with Crippen molar-refractivity contribution in [1.82, 2.24) is 5.32 Å². The Hall–Kier alpha value is -1.85. The van der Waals surface area contributed by atoms with Gasteiger partial charge in [0.2, 0.25) is 5.91 Å². The highest BCUT2D eigenvalue weighted by atomic mass is 16.7. The maximum atomic E-state index is 13.1. The first-order valence-corrected chi connectivity index (χ1v) is 31.9. The molecule has 1 aliphatic rings. The molecule has 0 spiro atoms. The maximum absolute atomic E-state index is 13.1. The van der Waals surface area contributed by atoms with Crippen LogP contribution in [0.5, 0.6) is 0 Å². The molecule has 1 amide bonds. The third kappa shape index (κ3) is 43.2. The number of hydrogen-bond acceptors (Lipinski definition) is 8. The minimum Gasteiger partial charge on any atom is -0.394 e.